The first-order chi connectivity index (χ1) is 8.61. The van der Waals surface area contributed by atoms with Gasteiger partial charge in [0.05, 0.1) is 11.4 Å². The molecule has 0 bridgehead atoms. The van der Waals surface area contributed by atoms with Crippen molar-refractivity contribution in [3.05, 3.63) is 47.3 Å². The molecular weight excluding hydrogens is 220 g/mol. The maximum absolute atomic E-state index is 4.70. The second kappa shape index (κ2) is 5.30. The molecule has 2 nitrogen and oxygen atoms in total. The predicted molar refractivity (Wildman–Crippen MR) is 75.7 cm³/mol. The van der Waals surface area contributed by atoms with Gasteiger partial charge in [0, 0.05) is 11.9 Å². The molecular formula is C16H20N2. The minimum Gasteiger partial charge on any atom is -0.255 e. The van der Waals surface area contributed by atoms with E-state index in [2.05, 4.69) is 56.9 Å². The largest absolute Gasteiger partial charge is 0.255 e. The van der Waals surface area contributed by atoms with E-state index >= 15 is 0 Å². The Balaban J connectivity index is 2.45. The van der Waals surface area contributed by atoms with Gasteiger partial charge in [-0.15, -0.1) is 0 Å². The molecule has 94 valence electrons. The predicted octanol–water partition coefficient (Wildman–Crippen LogP) is 4.14. The van der Waals surface area contributed by atoms with Crippen LogP contribution in [0.5, 0.6) is 0 Å². The van der Waals surface area contributed by atoms with Crippen LogP contribution in [0.25, 0.3) is 11.4 Å². The van der Waals surface area contributed by atoms with E-state index in [9.17, 15) is 0 Å². The molecule has 0 fully saturated rings. The summed E-state index contributed by atoms with van der Waals surface area (Å²) in [5.74, 6) is 0.517. The number of rotatable bonds is 3. The fourth-order valence-electron chi connectivity index (χ4n) is 2.02. The van der Waals surface area contributed by atoms with Crippen molar-refractivity contribution in [3.63, 3.8) is 0 Å². The molecule has 2 aromatic rings. The lowest BCUT2D eigenvalue weighted by Crippen LogP contribution is -1.97. The fraction of sp³-hybridized carbons (Fsp3) is 0.375. The maximum Gasteiger partial charge on any atom is 0.0889 e. The van der Waals surface area contributed by atoms with Crippen LogP contribution in [0.3, 0.4) is 0 Å². The molecule has 0 aliphatic carbocycles. The molecule has 2 heterocycles. The molecule has 0 aliphatic rings. The third-order valence-corrected chi connectivity index (χ3v) is 3.25. The van der Waals surface area contributed by atoms with Gasteiger partial charge in [0.1, 0.15) is 0 Å². The highest BCUT2D eigenvalue weighted by atomic mass is 14.8. The molecule has 0 radical (unpaired) electrons. The summed E-state index contributed by atoms with van der Waals surface area (Å²) in [6.07, 6.45) is 2.83. The molecule has 0 N–H and O–H groups in total. The molecule has 2 heteroatoms. The Labute approximate surface area is 109 Å². The van der Waals surface area contributed by atoms with Gasteiger partial charge in [0.2, 0.25) is 0 Å². The van der Waals surface area contributed by atoms with Crippen molar-refractivity contribution in [2.45, 2.75) is 40.0 Å². The van der Waals surface area contributed by atoms with Crippen molar-refractivity contribution in [3.8, 4) is 11.4 Å². The number of nitrogens with zero attached hydrogens (tertiary/aromatic N) is 2. The van der Waals surface area contributed by atoms with E-state index < -0.39 is 0 Å². The van der Waals surface area contributed by atoms with Crippen molar-refractivity contribution >= 4 is 0 Å². The molecule has 0 amide bonds. The molecule has 0 spiro atoms. The SMILES string of the molecule is CCc1nc(-c2cc(C(C)C)ccn2)ccc1C. The van der Waals surface area contributed by atoms with Gasteiger partial charge >= 0.3 is 0 Å². The third kappa shape index (κ3) is 2.58. The normalized spacial score (nSPS) is 10.9. The zero-order valence-corrected chi connectivity index (χ0v) is 11.6. The highest BCUT2D eigenvalue weighted by Crippen LogP contribution is 2.21. The van der Waals surface area contributed by atoms with Crippen LogP contribution < -0.4 is 0 Å². The van der Waals surface area contributed by atoms with Gasteiger partial charge in [-0.1, -0.05) is 26.8 Å². The van der Waals surface area contributed by atoms with Crippen molar-refractivity contribution in [2.75, 3.05) is 0 Å². The average molecular weight is 240 g/mol. The van der Waals surface area contributed by atoms with Gasteiger partial charge in [-0.05, 0) is 48.6 Å². The molecule has 18 heavy (non-hydrogen) atoms. The highest BCUT2D eigenvalue weighted by Gasteiger charge is 2.06. The molecule has 0 aromatic carbocycles. The Morgan fingerprint density at radius 1 is 1.11 bits per heavy atom. The average Bonchev–Trinajstić information content (AvgIpc) is 2.39. The van der Waals surface area contributed by atoms with Crippen LogP contribution in [-0.4, -0.2) is 9.97 Å². The molecule has 0 saturated heterocycles. The Kier molecular flexibility index (Phi) is 3.75. The Morgan fingerprint density at radius 3 is 2.56 bits per heavy atom. The quantitative estimate of drug-likeness (QED) is 0.806. The lowest BCUT2D eigenvalue weighted by atomic mass is 10.0. The van der Waals surface area contributed by atoms with Crippen molar-refractivity contribution in [1.29, 1.82) is 0 Å². The first kappa shape index (κ1) is 12.7. The summed E-state index contributed by atoms with van der Waals surface area (Å²) in [6.45, 7) is 8.63. The third-order valence-electron chi connectivity index (χ3n) is 3.25. The fourth-order valence-corrected chi connectivity index (χ4v) is 2.02. The maximum atomic E-state index is 4.70. The number of hydrogen-bond acceptors (Lipinski definition) is 2. The van der Waals surface area contributed by atoms with Crippen molar-refractivity contribution in [1.82, 2.24) is 9.97 Å². The van der Waals surface area contributed by atoms with E-state index in [-0.39, 0.29) is 0 Å². The summed E-state index contributed by atoms with van der Waals surface area (Å²) in [6, 6.07) is 8.40. The van der Waals surface area contributed by atoms with Gasteiger partial charge in [-0.2, -0.15) is 0 Å². The summed E-state index contributed by atoms with van der Waals surface area (Å²) in [5, 5.41) is 0. The van der Waals surface area contributed by atoms with Crippen LogP contribution in [0.1, 0.15) is 43.5 Å². The summed E-state index contributed by atoms with van der Waals surface area (Å²) < 4.78 is 0. The van der Waals surface area contributed by atoms with Crippen LogP contribution in [0, 0.1) is 6.92 Å². The van der Waals surface area contributed by atoms with E-state index in [0.29, 0.717) is 5.92 Å². The van der Waals surface area contributed by atoms with E-state index in [0.717, 1.165) is 23.5 Å². The van der Waals surface area contributed by atoms with Crippen LogP contribution in [0.15, 0.2) is 30.5 Å². The Hall–Kier alpha value is -1.70. The second-order valence-electron chi connectivity index (χ2n) is 4.94. The number of aromatic nitrogens is 2. The first-order valence-electron chi connectivity index (χ1n) is 6.54. The van der Waals surface area contributed by atoms with Gasteiger partial charge in [-0.3, -0.25) is 9.97 Å². The lowest BCUT2D eigenvalue weighted by Gasteiger charge is -2.09. The molecule has 2 aromatic heterocycles. The molecule has 0 aliphatic heterocycles. The highest BCUT2D eigenvalue weighted by molar-refractivity contribution is 5.56. The smallest absolute Gasteiger partial charge is 0.0889 e. The zero-order chi connectivity index (χ0) is 13.1. The van der Waals surface area contributed by atoms with Crippen molar-refractivity contribution in [2.24, 2.45) is 0 Å². The second-order valence-corrected chi connectivity index (χ2v) is 4.94. The minimum absolute atomic E-state index is 0.517. The van der Waals surface area contributed by atoms with Crippen LogP contribution in [0.2, 0.25) is 0 Å². The first-order valence-corrected chi connectivity index (χ1v) is 6.54. The summed E-state index contributed by atoms with van der Waals surface area (Å²) in [7, 11) is 0. The van der Waals surface area contributed by atoms with E-state index in [4.69, 9.17) is 4.98 Å². The van der Waals surface area contributed by atoms with Gasteiger partial charge in [-0.25, -0.2) is 0 Å². The van der Waals surface area contributed by atoms with E-state index in [1.165, 1.54) is 11.1 Å². The Morgan fingerprint density at radius 2 is 1.89 bits per heavy atom. The zero-order valence-electron chi connectivity index (χ0n) is 11.6. The van der Waals surface area contributed by atoms with Crippen LogP contribution >= 0.6 is 0 Å². The monoisotopic (exact) mass is 240 g/mol. The lowest BCUT2D eigenvalue weighted by molar-refractivity contribution is 0.863. The topological polar surface area (TPSA) is 25.8 Å². The number of aryl methyl sites for hydroxylation is 2. The van der Waals surface area contributed by atoms with Crippen LogP contribution in [-0.2, 0) is 6.42 Å². The van der Waals surface area contributed by atoms with Gasteiger partial charge in [0.25, 0.3) is 0 Å². The molecule has 2 rings (SSSR count). The van der Waals surface area contributed by atoms with Gasteiger partial charge in [0.15, 0.2) is 0 Å². The summed E-state index contributed by atoms with van der Waals surface area (Å²) in [5.41, 5.74) is 5.65. The summed E-state index contributed by atoms with van der Waals surface area (Å²) >= 11 is 0. The number of pyridine rings is 2. The Bertz CT molecular complexity index is 545. The van der Waals surface area contributed by atoms with Crippen LogP contribution in [0.4, 0.5) is 0 Å². The van der Waals surface area contributed by atoms with E-state index in [1.54, 1.807) is 0 Å². The standard InChI is InChI=1S/C16H20N2/c1-5-14-12(4)6-7-15(18-14)16-10-13(11(2)3)8-9-17-16/h6-11H,5H2,1-4H3. The number of hydrogen-bond donors (Lipinski definition) is 0. The molecule has 0 unspecified atom stereocenters. The van der Waals surface area contributed by atoms with E-state index in [1.807, 2.05) is 6.20 Å². The van der Waals surface area contributed by atoms with Gasteiger partial charge < -0.3 is 0 Å². The van der Waals surface area contributed by atoms with Crippen molar-refractivity contribution < 1.29 is 0 Å². The molecule has 0 atom stereocenters. The minimum atomic E-state index is 0.517. The summed E-state index contributed by atoms with van der Waals surface area (Å²) in [4.78, 5) is 9.13. The molecule has 0 saturated carbocycles.